The zero-order valence-corrected chi connectivity index (χ0v) is 6.83. The van der Waals surface area contributed by atoms with Gasteiger partial charge in [0.25, 0.3) is 0 Å². The van der Waals surface area contributed by atoms with E-state index in [0.29, 0.717) is 11.7 Å². The van der Waals surface area contributed by atoms with E-state index in [1.807, 2.05) is 12.1 Å². The van der Waals surface area contributed by atoms with Crippen LogP contribution in [-0.2, 0) is 0 Å². The van der Waals surface area contributed by atoms with E-state index in [1.54, 1.807) is 0 Å². The second-order valence-corrected chi connectivity index (χ2v) is 3.12. The van der Waals surface area contributed by atoms with Gasteiger partial charge in [-0.25, -0.2) is 5.84 Å². The molecular weight excluding hydrogens is 152 g/mol. The van der Waals surface area contributed by atoms with Gasteiger partial charge in [0.1, 0.15) is 0 Å². The first-order valence-corrected chi connectivity index (χ1v) is 4.20. The summed E-state index contributed by atoms with van der Waals surface area (Å²) in [5, 5.41) is 7.99. The molecule has 1 saturated carbocycles. The summed E-state index contributed by atoms with van der Waals surface area (Å²) < 4.78 is 0. The number of hydrogen-bond donors (Lipinski definition) is 2. The number of nitrogens with zero attached hydrogens (tertiary/aromatic N) is 2. The smallest absolute Gasteiger partial charge is 0.162 e. The molecule has 0 aliphatic heterocycles. The van der Waals surface area contributed by atoms with E-state index in [0.717, 1.165) is 5.69 Å². The molecule has 4 nitrogen and oxygen atoms in total. The van der Waals surface area contributed by atoms with Crippen LogP contribution in [0.5, 0.6) is 0 Å². The molecule has 1 aromatic rings. The van der Waals surface area contributed by atoms with Crippen molar-refractivity contribution in [3.63, 3.8) is 0 Å². The van der Waals surface area contributed by atoms with Crippen molar-refractivity contribution in [1.82, 2.24) is 10.2 Å². The first-order chi connectivity index (χ1) is 5.90. The first kappa shape index (κ1) is 7.49. The van der Waals surface area contributed by atoms with Crippen molar-refractivity contribution in [2.45, 2.75) is 25.2 Å². The molecule has 0 unspecified atom stereocenters. The Hall–Kier alpha value is -1.16. The van der Waals surface area contributed by atoms with Crippen LogP contribution in [0.4, 0.5) is 5.82 Å². The van der Waals surface area contributed by atoms with Crippen LogP contribution in [0, 0.1) is 0 Å². The Bertz CT molecular complexity index is 252. The molecule has 0 bridgehead atoms. The highest BCUT2D eigenvalue weighted by Gasteiger charge is 2.20. The molecule has 0 atom stereocenters. The predicted molar refractivity (Wildman–Crippen MR) is 46.4 cm³/mol. The van der Waals surface area contributed by atoms with Crippen LogP contribution in [-0.4, -0.2) is 10.2 Å². The SMILES string of the molecule is NNc1ccc(C2CCC2)nn1. The molecule has 0 aromatic carbocycles. The van der Waals surface area contributed by atoms with Crippen LogP contribution in [0.3, 0.4) is 0 Å². The van der Waals surface area contributed by atoms with Crippen molar-refractivity contribution in [3.05, 3.63) is 17.8 Å². The highest BCUT2D eigenvalue weighted by Crippen LogP contribution is 2.34. The Kier molecular flexibility index (Phi) is 1.91. The van der Waals surface area contributed by atoms with Gasteiger partial charge in [-0.2, -0.15) is 5.10 Å². The molecule has 12 heavy (non-hydrogen) atoms. The zero-order chi connectivity index (χ0) is 8.39. The van der Waals surface area contributed by atoms with E-state index in [-0.39, 0.29) is 0 Å². The van der Waals surface area contributed by atoms with Crippen LogP contribution in [0.2, 0.25) is 0 Å². The van der Waals surface area contributed by atoms with E-state index in [2.05, 4.69) is 15.6 Å². The van der Waals surface area contributed by atoms with Gasteiger partial charge >= 0.3 is 0 Å². The average Bonchev–Trinajstić information content (AvgIpc) is 2.03. The number of hydrazine groups is 1. The van der Waals surface area contributed by atoms with Gasteiger partial charge in [0.15, 0.2) is 5.82 Å². The number of nitrogen functional groups attached to an aromatic ring is 1. The lowest BCUT2D eigenvalue weighted by atomic mass is 9.83. The zero-order valence-electron chi connectivity index (χ0n) is 6.83. The summed E-state index contributed by atoms with van der Waals surface area (Å²) in [6.45, 7) is 0. The number of nitrogens with one attached hydrogen (secondary N) is 1. The molecular formula is C8H12N4. The average molecular weight is 164 g/mol. The summed E-state index contributed by atoms with van der Waals surface area (Å²) in [6, 6.07) is 3.85. The molecule has 3 N–H and O–H groups in total. The maximum Gasteiger partial charge on any atom is 0.162 e. The van der Waals surface area contributed by atoms with Crippen molar-refractivity contribution in [2.24, 2.45) is 5.84 Å². The number of anilines is 1. The summed E-state index contributed by atoms with van der Waals surface area (Å²) >= 11 is 0. The fourth-order valence-electron chi connectivity index (χ4n) is 1.34. The molecule has 1 aliphatic rings. The number of hydrogen-bond acceptors (Lipinski definition) is 4. The molecule has 0 radical (unpaired) electrons. The standard InChI is InChI=1S/C8H12N4/c9-10-8-5-4-7(11-12-8)6-2-1-3-6/h4-6H,1-3,9H2,(H,10,12). The lowest BCUT2D eigenvalue weighted by molar-refractivity contribution is 0.408. The summed E-state index contributed by atoms with van der Waals surface area (Å²) in [5.74, 6) is 6.44. The van der Waals surface area contributed by atoms with Gasteiger partial charge < -0.3 is 5.43 Å². The highest BCUT2D eigenvalue weighted by molar-refractivity contribution is 5.31. The summed E-state index contributed by atoms with van der Waals surface area (Å²) in [6.07, 6.45) is 3.83. The van der Waals surface area contributed by atoms with E-state index >= 15 is 0 Å². The van der Waals surface area contributed by atoms with Crippen LogP contribution < -0.4 is 11.3 Å². The minimum atomic E-state index is 0.623. The minimum absolute atomic E-state index is 0.623. The first-order valence-electron chi connectivity index (χ1n) is 4.20. The van der Waals surface area contributed by atoms with E-state index in [1.165, 1.54) is 19.3 Å². The van der Waals surface area contributed by atoms with E-state index < -0.39 is 0 Å². The highest BCUT2D eigenvalue weighted by atomic mass is 15.3. The monoisotopic (exact) mass is 164 g/mol. The maximum absolute atomic E-state index is 5.17. The van der Waals surface area contributed by atoms with Gasteiger partial charge in [-0.3, -0.25) is 0 Å². The second kappa shape index (κ2) is 3.06. The second-order valence-electron chi connectivity index (χ2n) is 3.12. The Morgan fingerprint density at radius 1 is 1.33 bits per heavy atom. The third kappa shape index (κ3) is 1.25. The molecule has 2 rings (SSSR count). The Morgan fingerprint density at radius 2 is 2.17 bits per heavy atom. The van der Waals surface area contributed by atoms with Crippen molar-refractivity contribution < 1.29 is 0 Å². The molecule has 64 valence electrons. The molecule has 1 heterocycles. The minimum Gasteiger partial charge on any atom is -0.307 e. The third-order valence-corrected chi connectivity index (χ3v) is 2.36. The summed E-state index contributed by atoms with van der Waals surface area (Å²) in [4.78, 5) is 0. The van der Waals surface area contributed by atoms with Crippen LogP contribution in [0.25, 0.3) is 0 Å². The van der Waals surface area contributed by atoms with Gasteiger partial charge in [-0.05, 0) is 25.0 Å². The molecule has 0 amide bonds. The molecule has 1 aromatic heterocycles. The normalized spacial score (nSPS) is 17.1. The number of aromatic nitrogens is 2. The Balaban J connectivity index is 2.13. The van der Waals surface area contributed by atoms with Crippen molar-refractivity contribution in [3.8, 4) is 0 Å². The maximum atomic E-state index is 5.17. The lowest BCUT2D eigenvalue weighted by Gasteiger charge is -2.23. The third-order valence-electron chi connectivity index (χ3n) is 2.36. The van der Waals surface area contributed by atoms with Crippen molar-refractivity contribution >= 4 is 5.82 Å². The van der Waals surface area contributed by atoms with Gasteiger partial charge in [0.2, 0.25) is 0 Å². The van der Waals surface area contributed by atoms with E-state index in [9.17, 15) is 0 Å². The fourth-order valence-corrected chi connectivity index (χ4v) is 1.34. The van der Waals surface area contributed by atoms with Crippen molar-refractivity contribution in [1.29, 1.82) is 0 Å². The number of rotatable bonds is 2. The quantitative estimate of drug-likeness (QED) is 0.506. The summed E-state index contributed by atoms with van der Waals surface area (Å²) in [5.41, 5.74) is 3.55. The topological polar surface area (TPSA) is 63.8 Å². The van der Waals surface area contributed by atoms with Crippen LogP contribution in [0.15, 0.2) is 12.1 Å². The van der Waals surface area contributed by atoms with Gasteiger partial charge in [-0.1, -0.05) is 6.42 Å². The van der Waals surface area contributed by atoms with Crippen LogP contribution >= 0.6 is 0 Å². The molecule has 1 fully saturated rings. The Morgan fingerprint density at radius 3 is 2.58 bits per heavy atom. The van der Waals surface area contributed by atoms with Gasteiger partial charge in [0.05, 0.1) is 5.69 Å². The number of nitrogens with two attached hydrogens (primary N) is 1. The van der Waals surface area contributed by atoms with Gasteiger partial charge in [0, 0.05) is 5.92 Å². The Labute approximate surface area is 71.2 Å². The van der Waals surface area contributed by atoms with Crippen LogP contribution in [0.1, 0.15) is 30.9 Å². The summed E-state index contributed by atoms with van der Waals surface area (Å²) in [7, 11) is 0. The van der Waals surface area contributed by atoms with E-state index in [4.69, 9.17) is 5.84 Å². The molecule has 4 heteroatoms. The fraction of sp³-hybridized carbons (Fsp3) is 0.500. The van der Waals surface area contributed by atoms with Gasteiger partial charge in [-0.15, -0.1) is 5.10 Å². The molecule has 1 aliphatic carbocycles. The molecule has 0 saturated heterocycles. The lowest BCUT2D eigenvalue weighted by Crippen LogP contribution is -2.13. The predicted octanol–water partition coefficient (Wildman–Crippen LogP) is 1.03. The van der Waals surface area contributed by atoms with Crippen molar-refractivity contribution in [2.75, 3.05) is 5.43 Å². The molecule has 0 spiro atoms. The largest absolute Gasteiger partial charge is 0.307 e.